The average Bonchev–Trinajstić information content (AvgIpc) is 2.72. The van der Waals surface area contributed by atoms with Crippen LogP contribution in [0.5, 0.6) is 0 Å². The number of carbonyl (C=O) groups is 2. The molecule has 1 aromatic carbocycles. The Kier molecular flexibility index (Phi) is 14.6. The third kappa shape index (κ3) is 13.5. The summed E-state index contributed by atoms with van der Waals surface area (Å²) in [6.07, 6.45) is 11.5. The first kappa shape index (κ1) is 29.5. The maximum Gasteiger partial charge on any atom is 0.335 e. The lowest BCUT2D eigenvalue weighted by Gasteiger charge is -2.27. The molecule has 31 heavy (non-hydrogen) atoms. The number of aromatic carboxylic acids is 2. The van der Waals surface area contributed by atoms with Crippen LogP contribution in [0.3, 0.4) is 0 Å². The molecule has 0 amide bonds. The number of rotatable bonds is 14. The van der Waals surface area contributed by atoms with Crippen molar-refractivity contribution in [1.82, 2.24) is 0 Å². The Morgan fingerprint density at radius 2 is 1.35 bits per heavy atom. The summed E-state index contributed by atoms with van der Waals surface area (Å²) in [7, 11) is -4.99. The molecule has 1 rings (SSSR count). The smallest absolute Gasteiger partial charge is 0.335 e. The third-order valence-electron chi connectivity index (χ3n) is 5.13. The maximum absolute atomic E-state index is 11.1. The summed E-state index contributed by atoms with van der Waals surface area (Å²) < 4.78 is 31.2. The minimum Gasteiger partial charge on any atom is -0.545 e. The van der Waals surface area contributed by atoms with E-state index in [1.807, 2.05) is 0 Å². The summed E-state index contributed by atoms with van der Waals surface area (Å²) in [5.74, 6) is -2.56. The molecule has 0 atom stereocenters. The second-order valence-corrected chi connectivity index (χ2v) is 13.8. The summed E-state index contributed by atoms with van der Waals surface area (Å²) >= 11 is 0. The number of hydrogen-bond acceptors (Lipinski definition) is 5. The van der Waals surface area contributed by atoms with Gasteiger partial charge in [-0.15, -0.1) is 0 Å². The first-order chi connectivity index (χ1) is 14.5. The topological polar surface area (TPSA) is 132 Å². The van der Waals surface area contributed by atoms with Crippen LogP contribution in [0.4, 0.5) is 0 Å². The molecule has 0 spiro atoms. The Bertz CT molecular complexity index is 727. The molecule has 0 saturated carbocycles. The van der Waals surface area contributed by atoms with Crippen LogP contribution in [0.2, 0.25) is 0 Å². The molecule has 0 radical (unpaired) electrons. The van der Waals surface area contributed by atoms with Crippen molar-refractivity contribution in [3.05, 3.63) is 35.4 Å². The molecule has 2 N–H and O–H groups in total. The lowest BCUT2D eigenvalue weighted by molar-refractivity contribution is -0.255. The zero-order valence-corrected chi connectivity index (χ0v) is 20.6. The lowest BCUT2D eigenvalue weighted by Crippen LogP contribution is -2.22. The molecule has 7 nitrogen and oxygen atoms in total. The van der Waals surface area contributed by atoms with E-state index in [1.54, 1.807) is 0 Å². The van der Waals surface area contributed by atoms with Gasteiger partial charge in [-0.25, -0.2) is 4.79 Å². The molecular weight excluding hydrogens is 439 g/mol. The molecular formula is C22H37O7PS. The lowest BCUT2D eigenvalue weighted by atomic mass is 10.1. The van der Waals surface area contributed by atoms with Gasteiger partial charge in [0.2, 0.25) is 0 Å². The monoisotopic (exact) mass is 476 g/mol. The highest BCUT2D eigenvalue weighted by Crippen LogP contribution is 2.60. The fraction of sp³-hybridized carbons (Fsp3) is 0.636. The van der Waals surface area contributed by atoms with Crippen LogP contribution < -0.4 is 5.11 Å². The molecule has 0 unspecified atom stereocenters. The summed E-state index contributed by atoms with van der Waals surface area (Å²) in [5.41, 5.74) is -0.188. The molecule has 0 aliphatic rings. The number of carboxylic acids is 2. The van der Waals surface area contributed by atoms with E-state index in [2.05, 4.69) is 20.8 Å². The van der Waals surface area contributed by atoms with Gasteiger partial charge in [0, 0.05) is 7.26 Å². The molecule has 0 heterocycles. The van der Waals surface area contributed by atoms with Gasteiger partial charge in [-0.05, 0) is 37.0 Å². The molecule has 1 aromatic rings. The number of carbonyl (C=O) groups excluding carboxylic acids is 1. The van der Waals surface area contributed by atoms with Crippen LogP contribution in [0.1, 0.15) is 80.0 Å². The van der Waals surface area contributed by atoms with Gasteiger partial charge in [0.15, 0.2) is 0 Å². The first-order valence-electron chi connectivity index (χ1n) is 10.8. The fourth-order valence-electron chi connectivity index (χ4n) is 3.24. The van der Waals surface area contributed by atoms with E-state index in [0.29, 0.717) is 0 Å². The van der Waals surface area contributed by atoms with Crippen molar-refractivity contribution in [1.29, 1.82) is 0 Å². The van der Waals surface area contributed by atoms with E-state index in [0.717, 1.165) is 12.2 Å². The van der Waals surface area contributed by atoms with Crippen LogP contribution in [0.15, 0.2) is 24.3 Å². The highest BCUT2D eigenvalue weighted by atomic mass is 32.2. The van der Waals surface area contributed by atoms with Gasteiger partial charge in [0.1, 0.15) is 5.75 Å². The number of carboxylic acid groups (broad SMARTS) is 2. The Hall–Kier alpha value is -1.50. The predicted molar refractivity (Wildman–Crippen MR) is 125 cm³/mol. The van der Waals surface area contributed by atoms with Crippen molar-refractivity contribution in [2.24, 2.45) is 0 Å². The van der Waals surface area contributed by atoms with Crippen molar-refractivity contribution in [3.8, 4) is 0 Å². The molecule has 0 fully saturated rings. The summed E-state index contributed by atoms with van der Waals surface area (Å²) in [4.78, 5) is 20.6. The minimum absolute atomic E-state index is 0.0298. The summed E-state index contributed by atoms with van der Waals surface area (Å²) in [5, 5.41) is 18.7. The van der Waals surface area contributed by atoms with Gasteiger partial charge in [-0.2, -0.15) is 8.42 Å². The maximum atomic E-state index is 11.1. The molecule has 0 aliphatic carbocycles. The van der Waals surface area contributed by atoms with E-state index >= 15 is 0 Å². The van der Waals surface area contributed by atoms with Crippen LogP contribution in [0, 0.1) is 0 Å². The van der Waals surface area contributed by atoms with Gasteiger partial charge in [0.05, 0.1) is 36.2 Å². The summed E-state index contributed by atoms with van der Waals surface area (Å²) in [6, 6.07) is 5.00. The van der Waals surface area contributed by atoms with Gasteiger partial charge in [-0.1, -0.05) is 52.2 Å². The van der Waals surface area contributed by atoms with E-state index in [1.165, 1.54) is 75.2 Å². The van der Waals surface area contributed by atoms with Crippen molar-refractivity contribution in [3.63, 3.8) is 0 Å². The Morgan fingerprint density at radius 1 is 0.903 bits per heavy atom. The zero-order chi connectivity index (χ0) is 23.9. The highest BCUT2D eigenvalue weighted by Gasteiger charge is 2.36. The van der Waals surface area contributed by atoms with Crippen molar-refractivity contribution >= 4 is 29.3 Å². The van der Waals surface area contributed by atoms with Crippen LogP contribution >= 0.6 is 7.26 Å². The van der Waals surface area contributed by atoms with E-state index in [-0.39, 0.29) is 16.9 Å². The standard InChI is InChI=1S/C14H31O3PS.C8H6O4/c1-4-7-10-18(11-8-5-2,12-9-6-3)13-14-19(15,16)17;9-7(10)5-2-1-3-6(4-5)8(11)12/h4-14H2,1-3H3;1-4H,(H,9,10)(H,11,12). The molecule has 0 aliphatic heterocycles. The van der Waals surface area contributed by atoms with Crippen LogP contribution in [0.25, 0.3) is 0 Å². The van der Waals surface area contributed by atoms with E-state index in [4.69, 9.17) is 9.66 Å². The Labute approximate surface area is 187 Å². The quantitative estimate of drug-likeness (QED) is 0.306. The van der Waals surface area contributed by atoms with Crippen molar-refractivity contribution in [2.45, 2.75) is 59.3 Å². The number of benzene rings is 1. The van der Waals surface area contributed by atoms with E-state index in [9.17, 15) is 23.1 Å². The summed E-state index contributed by atoms with van der Waals surface area (Å²) in [6.45, 7) is 6.57. The number of hydrogen-bond donors (Lipinski definition) is 2. The normalized spacial score (nSPS) is 11.5. The molecule has 0 saturated heterocycles. The first-order valence-corrected chi connectivity index (χ1v) is 15.0. The molecule has 9 heteroatoms. The second kappa shape index (κ2) is 15.3. The largest absolute Gasteiger partial charge is 0.545 e. The average molecular weight is 477 g/mol. The highest BCUT2D eigenvalue weighted by molar-refractivity contribution is 7.87. The van der Waals surface area contributed by atoms with Gasteiger partial charge >= 0.3 is 5.97 Å². The SMILES string of the molecule is CCCC[P+](CCCC)(CCCC)CCS(=O)(=O)O.O=C([O-])c1cccc(C(=O)O)c1. The molecule has 0 bridgehead atoms. The second-order valence-electron chi connectivity index (χ2n) is 7.76. The molecule has 178 valence electrons. The van der Waals surface area contributed by atoms with Gasteiger partial charge in [0.25, 0.3) is 10.1 Å². The van der Waals surface area contributed by atoms with Crippen LogP contribution in [-0.2, 0) is 10.1 Å². The zero-order valence-electron chi connectivity index (χ0n) is 18.9. The van der Waals surface area contributed by atoms with Crippen molar-refractivity contribution in [2.75, 3.05) is 30.4 Å². The van der Waals surface area contributed by atoms with Gasteiger partial charge in [-0.3, -0.25) is 4.55 Å². The van der Waals surface area contributed by atoms with Gasteiger partial charge < -0.3 is 15.0 Å². The fourth-order valence-corrected chi connectivity index (χ4v) is 10.0. The third-order valence-corrected chi connectivity index (χ3v) is 11.1. The predicted octanol–water partition coefficient (Wildman–Crippen LogP) is 4.04. The van der Waals surface area contributed by atoms with E-state index < -0.39 is 29.3 Å². The minimum atomic E-state index is -3.80. The van der Waals surface area contributed by atoms with Crippen molar-refractivity contribution < 1.29 is 32.8 Å². The van der Waals surface area contributed by atoms with Crippen LogP contribution in [-0.4, -0.2) is 60.4 Å². The Morgan fingerprint density at radius 3 is 1.71 bits per heavy atom. The molecule has 0 aromatic heterocycles. The Balaban J connectivity index is 0.000000639. The number of unbranched alkanes of at least 4 members (excludes halogenated alkanes) is 3.